The minimum Gasteiger partial charge on any atom is -0.496 e. The van der Waals surface area contributed by atoms with E-state index in [2.05, 4.69) is 4.98 Å². The van der Waals surface area contributed by atoms with Crippen LogP contribution in [0, 0.1) is 6.92 Å². The van der Waals surface area contributed by atoms with Crippen LogP contribution in [0.4, 0.5) is 0 Å². The van der Waals surface area contributed by atoms with Crippen LogP contribution in [0.5, 0.6) is 11.5 Å². The lowest BCUT2D eigenvalue weighted by Gasteiger charge is -2.12. The number of nitrogens with zero attached hydrogens (tertiary/aromatic N) is 1. The lowest BCUT2D eigenvalue weighted by Crippen LogP contribution is -2.00. The largest absolute Gasteiger partial charge is 0.496 e. The fraction of sp³-hybridized carbons (Fsp3) is 0.130. The van der Waals surface area contributed by atoms with Crippen molar-refractivity contribution in [2.24, 2.45) is 0 Å². The molecular formula is C23H20ClNO3. The van der Waals surface area contributed by atoms with E-state index in [9.17, 15) is 4.79 Å². The van der Waals surface area contributed by atoms with Crippen molar-refractivity contribution in [1.82, 2.24) is 4.98 Å². The molecule has 0 saturated carbocycles. The van der Waals surface area contributed by atoms with Gasteiger partial charge >= 0.3 is 0 Å². The molecule has 0 aliphatic rings. The standard InChI is InChI=1S/C23H20ClNO3/c1-16-5-9-23(20(24)12-16)28-15-19-13-17(7-10-22(19)27-2)6-8-21(26)18-4-3-11-25-14-18/h3-14H,15H2,1-2H3/b8-6+. The molecule has 142 valence electrons. The maximum absolute atomic E-state index is 12.2. The van der Waals surface area contributed by atoms with Crippen molar-refractivity contribution in [1.29, 1.82) is 0 Å². The van der Waals surface area contributed by atoms with E-state index in [0.717, 1.165) is 16.7 Å². The summed E-state index contributed by atoms with van der Waals surface area (Å²) in [5.41, 5.74) is 3.34. The molecule has 0 bridgehead atoms. The fourth-order valence-corrected chi connectivity index (χ4v) is 2.96. The highest BCUT2D eigenvalue weighted by molar-refractivity contribution is 6.32. The van der Waals surface area contributed by atoms with Gasteiger partial charge in [-0.3, -0.25) is 9.78 Å². The van der Waals surface area contributed by atoms with Gasteiger partial charge in [-0.05, 0) is 60.5 Å². The number of allylic oxidation sites excluding steroid dienone is 1. The molecule has 5 heteroatoms. The Bertz CT molecular complexity index is 1000. The Morgan fingerprint density at radius 1 is 1.14 bits per heavy atom. The van der Waals surface area contributed by atoms with E-state index in [1.165, 1.54) is 6.08 Å². The molecule has 0 atom stereocenters. The number of rotatable bonds is 7. The molecule has 2 aromatic carbocycles. The lowest BCUT2D eigenvalue weighted by atomic mass is 10.1. The first-order valence-corrected chi connectivity index (χ1v) is 9.13. The number of ketones is 1. The van der Waals surface area contributed by atoms with Gasteiger partial charge in [0, 0.05) is 23.5 Å². The Balaban J connectivity index is 1.76. The minimum atomic E-state index is -0.104. The first kappa shape index (κ1) is 19.6. The Labute approximate surface area is 169 Å². The summed E-state index contributed by atoms with van der Waals surface area (Å²) in [7, 11) is 1.61. The van der Waals surface area contributed by atoms with Gasteiger partial charge in [-0.15, -0.1) is 0 Å². The molecule has 0 radical (unpaired) electrons. The van der Waals surface area contributed by atoms with Crippen molar-refractivity contribution in [2.45, 2.75) is 13.5 Å². The average molecular weight is 394 g/mol. The minimum absolute atomic E-state index is 0.104. The van der Waals surface area contributed by atoms with Crippen molar-refractivity contribution >= 4 is 23.5 Å². The zero-order chi connectivity index (χ0) is 19.9. The second-order valence-corrected chi connectivity index (χ2v) is 6.64. The molecule has 1 aromatic heterocycles. The number of hydrogen-bond acceptors (Lipinski definition) is 4. The van der Waals surface area contributed by atoms with Crippen LogP contribution < -0.4 is 9.47 Å². The van der Waals surface area contributed by atoms with Gasteiger partial charge < -0.3 is 9.47 Å². The van der Waals surface area contributed by atoms with Crippen LogP contribution in [0.25, 0.3) is 6.08 Å². The summed E-state index contributed by atoms with van der Waals surface area (Å²) < 4.78 is 11.3. The molecular weight excluding hydrogens is 374 g/mol. The van der Waals surface area contributed by atoms with E-state index in [1.54, 1.807) is 37.7 Å². The molecule has 28 heavy (non-hydrogen) atoms. The monoisotopic (exact) mass is 393 g/mol. The number of methoxy groups -OCH3 is 1. The van der Waals surface area contributed by atoms with E-state index < -0.39 is 0 Å². The van der Waals surface area contributed by atoms with Crippen LogP contribution in [-0.4, -0.2) is 17.9 Å². The van der Waals surface area contributed by atoms with E-state index in [1.807, 2.05) is 43.3 Å². The van der Waals surface area contributed by atoms with Crippen molar-refractivity contribution in [3.8, 4) is 11.5 Å². The fourth-order valence-electron chi connectivity index (χ4n) is 2.67. The number of benzene rings is 2. The number of carbonyl (C=O) groups is 1. The Morgan fingerprint density at radius 2 is 1.96 bits per heavy atom. The number of aryl methyl sites for hydroxylation is 1. The Morgan fingerprint density at radius 3 is 2.68 bits per heavy atom. The van der Waals surface area contributed by atoms with Gasteiger partial charge in [0.25, 0.3) is 0 Å². The van der Waals surface area contributed by atoms with Gasteiger partial charge in [-0.2, -0.15) is 0 Å². The molecule has 0 unspecified atom stereocenters. The predicted octanol–water partition coefficient (Wildman–Crippen LogP) is 5.53. The summed E-state index contributed by atoms with van der Waals surface area (Å²) in [6, 6.07) is 14.8. The molecule has 0 fully saturated rings. The van der Waals surface area contributed by atoms with Crippen LogP contribution in [-0.2, 0) is 6.61 Å². The summed E-state index contributed by atoms with van der Waals surface area (Å²) in [6.45, 7) is 2.27. The highest BCUT2D eigenvalue weighted by Crippen LogP contribution is 2.28. The molecule has 0 saturated heterocycles. The van der Waals surface area contributed by atoms with E-state index in [0.29, 0.717) is 28.7 Å². The van der Waals surface area contributed by atoms with Crippen molar-refractivity contribution < 1.29 is 14.3 Å². The SMILES string of the molecule is COc1ccc(/C=C/C(=O)c2cccnc2)cc1COc1ccc(C)cc1Cl. The summed E-state index contributed by atoms with van der Waals surface area (Å²) in [4.78, 5) is 16.2. The Kier molecular flexibility index (Phi) is 6.45. The molecule has 1 heterocycles. The maximum Gasteiger partial charge on any atom is 0.187 e. The van der Waals surface area contributed by atoms with Gasteiger partial charge in [0.1, 0.15) is 18.1 Å². The van der Waals surface area contributed by atoms with Crippen LogP contribution in [0.1, 0.15) is 27.0 Å². The number of aromatic nitrogens is 1. The maximum atomic E-state index is 12.2. The second-order valence-electron chi connectivity index (χ2n) is 6.23. The number of hydrogen-bond donors (Lipinski definition) is 0. The third-order valence-electron chi connectivity index (χ3n) is 4.15. The molecule has 0 amide bonds. The van der Waals surface area contributed by atoms with Crippen LogP contribution in [0.15, 0.2) is 67.0 Å². The number of carbonyl (C=O) groups excluding carboxylic acids is 1. The predicted molar refractivity (Wildman–Crippen MR) is 111 cm³/mol. The molecule has 4 nitrogen and oxygen atoms in total. The van der Waals surface area contributed by atoms with Crippen LogP contribution in [0.2, 0.25) is 5.02 Å². The molecule has 0 aliphatic carbocycles. The van der Waals surface area contributed by atoms with Gasteiger partial charge in [0.05, 0.1) is 12.1 Å². The van der Waals surface area contributed by atoms with Crippen molar-refractivity contribution in [3.63, 3.8) is 0 Å². The number of halogens is 1. The molecule has 0 spiro atoms. The van der Waals surface area contributed by atoms with E-state index in [4.69, 9.17) is 21.1 Å². The van der Waals surface area contributed by atoms with Gasteiger partial charge in [0.2, 0.25) is 0 Å². The first-order valence-electron chi connectivity index (χ1n) is 8.75. The number of ether oxygens (including phenoxy) is 2. The number of pyridine rings is 1. The smallest absolute Gasteiger partial charge is 0.187 e. The highest BCUT2D eigenvalue weighted by atomic mass is 35.5. The zero-order valence-electron chi connectivity index (χ0n) is 15.7. The molecule has 3 rings (SSSR count). The van der Waals surface area contributed by atoms with Crippen molar-refractivity contribution in [2.75, 3.05) is 7.11 Å². The topological polar surface area (TPSA) is 48.4 Å². The normalized spacial score (nSPS) is 10.8. The van der Waals surface area contributed by atoms with Gasteiger partial charge in [-0.25, -0.2) is 0 Å². The molecule has 0 N–H and O–H groups in total. The summed E-state index contributed by atoms with van der Waals surface area (Å²) in [5.74, 6) is 1.22. The molecule has 3 aromatic rings. The summed E-state index contributed by atoms with van der Waals surface area (Å²) in [6.07, 6.45) is 6.47. The highest BCUT2D eigenvalue weighted by Gasteiger charge is 2.08. The van der Waals surface area contributed by atoms with Gasteiger partial charge in [-0.1, -0.05) is 29.8 Å². The zero-order valence-corrected chi connectivity index (χ0v) is 16.4. The summed E-state index contributed by atoms with van der Waals surface area (Å²) >= 11 is 6.23. The third kappa shape index (κ3) is 4.99. The lowest BCUT2D eigenvalue weighted by molar-refractivity contribution is 0.104. The average Bonchev–Trinajstić information content (AvgIpc) is 2.72. The van der Waals surface area contributed by atoms with E-state index in [-0.39, 0.29) is 5.78 Å². The van der Waals surface area contributed by atoms with Gasteiger partial charge in [0.15, 0.2) is 5.78 Å². The third-order valence-corrected chi connectivity index (χ3v) is 4.44. The quantitative estimate of drug-likeness (QED) is 0.391. The van der Waals surface area contributed by atoms with E-state index >= 15 is 0 Å². The summed E-state index contributed by atoms with van der Waals surface area (Å²) in [5, 5.41) is 0.567. The van der Waals surface area contributed by atoms with Crippen molar-refractivity contribution in [3.05, 3.63) is 94.3 Å². The van der Waals surface area contributed by atoms with Crippen LogP contribution >= 0.6 is 11.6 Å². The Hall–Kier alpha value is -3.11. The molecule has 0 aliphatic heterocycles. The first-order chi connectivity index (χ1) is 13.6. The second kappa shape index (κ2) is 9.20. The van der Waals surface area contributed by atoms with Crippen LogP contribution in [0.3, 0.4) is 0 Å².